The van der Waals surface area contributed by atoms with Gasteiger partial charge in [-0.05, 0) is 35.8 Å². The van der Waals surface area contributed by atoms with Crippen LogP contribution < -0.4 is 9.64 Å². The van der Waals surface area contributed by atoms with Crippen LogP contribution in [0.4, 0.5) is 5.82 Å². The van der Waals surface area contributed by atoms with E-state index in [1.807, 2.05) is 12.3 Å². The molecule has 0 aromatic carbocycles. The Morgan fingerprint density at radius 1 is 1.44 bits per heavy atom. The van der Waals surface area contributed by atoms with Crippen LogP contribution in [0.15, 0.2) is 16.7 Å². The van der Waals surface area contributed by atoms with E-state index >= 15 is 0 Å². The van der Waals surface area contributed by atoms with Gasteiger partial charge in [-0.1, -0.05) is 0 Å². The standard InChI is InChI=1S/C13H18BrN3O/c1-9(2)16-3-4-17-11(7-16)8-18-12-5-10(14)6-15-13(12)17/h5-6,9,11H,3-4,7-8H2,1-2H3/t11-/m1/s1. The summed E-state index contributed by atoms with van der Waals surface area (Å²) < 4.78 is 6.81. The van der Waals surface area contributed by atoms with Crippen molar-refractivity contribution in [2.45, 2.75) is 25.9 Å². The zero-order valence-electron chi connectivity index (χ0n) is 10.8. The molecule has 0 radical (unpaired) electrons. The highest BCUT2D eigenvalue weighted by molar-refractivity contribution is 9.10. The minimum absolute atomic E-state index is 0.433. The molecular formula is C13H18BrN3O. The van der Waals surface area contributed by atoms with Crippen LogP contribution in [-0.2, 0) is 0 Å². The number of fused-ring (bicyclic) bond motifs is 3. The van der Waals surface area contributed by atoms with E-state index in [0.717, 1.165) is 42.3 Å². The van der Waals surface area contributed by atoms with Crippen molar-refractivity contribution in [1.82, 2.24) is 9.88 Å². The molecule has 98 valence electrons. The molecule has 1 saturated heterocycles. The zero-order chi connectivity index (χ0) is 12.7. The second-order valence-electron chi connectivity index (χ2n) is 5.22. The lowest BCUT2D eigenvalue weighted by Crippen LogP contribution is -2.58. The van der Waals surface area contributed by atoms with Crippen molar-refractivity contribution in [3.8, 4) is 5.75 Å². The fourth-order valence-electron chi connectivity index (χ4n) is 2.69. The van der Waals surface area contributed by atoms with E-state index in [2.05, 4.69) is 44.6 Å². The first-order valence-electron chi connectivity index (χ1n) is 6.44. The third-order valence-corrected chi connectivity index (χ3v) is 4.18. The summed E-state index contributed by atoms with van der Waals surface area (Å²) >= 11 is 3.44. The predicted octanol–water partition coefficient (Wildman–Crippen LogP) is 2.14. The molecule has 3 rings (SSSR count). The number of piperazine rings is 1. The summed E-state index contributed by atoms with van der Waals surface area (Å²) in [6.45, 7) is 8.47. The Labute approximate surface area is 116 Å². The molecule has 0 N–H and O–H groups in total. The van der Waals surface area contributed by atoms with E-state index in [9.17, 15) is 0 Å². The Morgan fingerprint density at radius 2 is 2.28 bits per heavy atom. The van der Waals surface area contributed by atoms with Crippen LogP contribution in [-0.4, -0.2) is 48.2 Å². The third-order valence-electron chi connectivity index (χ3n) is 3.75. The van der Waals surface area contributed by atoms with Crippen molar-refractivity contribution in [1.29, 1.82) is 0 Å². The number of hydrogen-bond donors (Lipinski definition) is 0. The van der Waals surface area contributed by atoms with E-state index in [1.54, 1.807) is 0 Å². The van der Waals surface area contributed by atoms with Crippen molar-refractivity contribution in [2.75, 3.05) is 31.1 Å². The van der Waals surface area contributed by atoms with Gasteiger partial charge in [0.05, 0.1) is 6.04 Å². The molecule has 1 fully saturated rings. The molecule has 0 bridgehead atoms. The number of nitrogens with zero attached hydrogens (tertiary/aromatic N) is 3. The quantitative estimate of drug-likeness (QED) is 0.794. The predicted molar refractivity (Wildman–Crippen MR) is 75.3 cm³/mol. The van der Waals surface area contributed by atoms with Crippen LogP contribution >= 0.6 is 15.9 Å². The van der Waals surface area contributed by atoms with Gasteiger partial charge in [-0.3, -0.25) is 4.90 Å². The number of aromatic nitrogens is 1. The fourth-order valence-corrected chi connectivity index (χ4v) is 3.00. The molecule has 1 aromatic rings. The van der Waals surface area contributed by atoms with Crippen molar-refractivity contribution in [3.63, 3.8) is 0 Å². The number of ether oxygens (including phenoxy) is 1. The Balaban J connectivity index is 1.84. The molecule has 0 spiro atoms. The lowest BCUT2D eigenvalue weighted by Gasteiger charge is -2.46. The van der Waals surface area contributed by atoms with Gasteiger partial charge in [-0.25, -0.2) is 4.98 Å². The summed E-state index contributed by atoms with van der Waals surface area (Å²) in [5, 5.41) is 0. The minimum atomic E-state index is 0.433. The molecule has 1 aromatic heterocycles. The highest BCUT2D eigenvalue weighted by atomic mass is 79.9. The van der Waals surface area contributed by atoms with Crippen LogP contribution in [0, 0.1) is 0 Å². The summed E-state index contributed by atoms with van der Waals surface area (Å²) in [4.78, 5) is 9.41. The van der Waals surface area contributed by atoms with E-state index in [4.69, 9.17) is 4.74 Å². The van der Waals surface area contributed by atoms with E-state index < -0.39 is 0 Å². The highest BCUT2D eigenvalue weighted by Gasteiger charge is 2.34. The average molecular weight is 312 g/mol. The molecule has 0 aliphatic carbocycles. The van der Waals surface area contributed by atoms with Crippen molar-refractivity contribution >= 4 is 21.7 Å². The lowest BCUT2D eigenvalue weighted by molar-refractivity contribution is 0.140. The molecule has 0 saturated carbocycles. The van der Waals surface area contributed by atoms with Gasteiger partial charge in [0.1, 0.15) is 6.61 Å². The minimum Gasteiger partial charge on any atom is -0.487 e. The molecule has 0 unspecified atom stereocenters. The molecule has 1 atom stereocenters. The Morgan fingerprint density at radius 3 is 3.06 bits per heavy atom. The van der Waals surface area contributed by atoms with Crippen LogP contribution in [0.2, 0.25) is 0 Å². The maximum atomic E-state index is 5.84. The normalized spacial score (nSPS) is 23.6. The van der Waals surface area contributed by atoms with Crippen LogP contribution in [0.1, 0.15) is 13.8 Å². The van der Waals surface area contributed by atoms with E-state index in [-0.39, 0.29) is 0 Å². The maximum Gasteiger partial charge on any atom is 0.171 e. The molecule has 0 amide bonds. The molecule has 18 heavy (non-hydrogen) atoms. The van der Waals surface area contributed by atoms with E-state index in [1.165, 1.54) is 0 Å². The Hall–Kier alpha value is -0.810. The summed E-state index contributed by atoms with van der Waals surface area (Å²) in [5.41, 5.74) is 0. The summed E-state index contributed by atoms with van der Waals surface area (Å²) in [7, 11) is 0. The van der Waals surface area contributed by atoms with Gasteiger partial charge in [-0.2, -0.15) is 0 Å². The molecular weight excluding hydrogens is 294 g/mol. The van der Waals surface area contributed by atoms with Crippen molar-refractivity contribution < 1.29 is 4.74 Å². The largest absolute Gasteiger partial charge is 0.487 e. The van der Waals surface area contributed by atoms with Crippen molar-refractivity contribution in [3.05, 3.63) is 16.7 Å². The molecule has 5 heteroatoms. The SMILES string of the molecule is CC(C)N1CCN2c3ncc(Br)cc3OC[C@H]2C1. The van der Waals surface area contributed by atoms with Gasteiger partial charge in [0.2, 0.25) is 0 Å². The average Bonchev–Trinajstić information content (AvgIpc) is 2.37. The maximum absolute atomic E-state index is 5.84. The van der Waals surface area contributed by atoms with Gasteiger partial charge in [0, 0.05) is 36.3 Å². The highest BCUT2D eigenvalue weighted by Crippen LogP contribution is 2.35. The number of pyridine rings is 1. The topological polar surface area (TPSA) is 28.6 Å². The molecule has 4 nitrogen and oxygen atoms in total. The van der Waals surface area contributed by atoms with Crippen LogP contribution in [0.3, 0.4) is 0 Å². The number of anilines is 1. The van der Waals surface area contributed by atoms with Gasteiger partial charge in [-0.15, -0.1) is 0 Å². The van der Waals surface area contributed by atoms with E-state index in [0.29, 0.717) is 12.1 Å². The first-order valence-corrected chi connectivity index (χ1v) is 7.23. The monoisotopic (exact) mass is 311 g/mol. The smallest absolute Gasteiger partial charge is 0.171 e. The third kappa shape index (κ3) is 2.10. The van der Waals surface area contributed by atoms with Gasteiger partial charge >= 0.3 is 0 Å². The number of halogens is 1. The summed E-state index contributed by atoms with van der Waals surface area (Å²) in [6, 6.07) is 3.04. The second kappa shape index (κ2) is 4.70. The van der Waals surface area contributed by atoms with Crippen molar-refractivity contribution in [2.24, 2.45) is 0 Å². The zero-order valence-corrected chi connectivity index (χ0v) is 12.4. The molecule has 2 aliphatic rings. The first-order chi connectivity index (χ1) is 8.65. The summed E-state index contributed by atoms with van der Waals surface area (Å²) in [5.74, 6) is 1.90. The molecule has 2 aliphatic heterocycles. The first kappa shape index (κ1) is 12.2. The van der Waals surface area contributed by atoms with Gasteiger partial charge < -0.3 is 9.64 Å². The van der Waals surface area contributed by atoms with Crippen LogP contribution in [0.5, 0.6) is 5.75 Å². The lowest BCUT2D eigenvalue weighted by atomic mass is 10.1. The number of rotatable bonds is 1. The fraction of sp³-hybridized carbons (Fsp3) is 0.615. The van der Waals surface area contributed by atoms with Gasteiger partial charge in [0.15, 0.2) is 11.6 Å². The second-order valence-corrected chi connectivity index (χ2v) is 6.14. The van der Waals surface area contributed by atoms with Gasteiger partial charge in [0.25, 0.3) is 0 Å². The molecule has 3 heterocycles. The van der Waals surface area contributed by atoms with Crippen LogP contribution in [0.25, 0.3) is 0 Å². The summed E-state index contributed by atoms with van der Waals surface area (Å²) in [6.07, 6.45) is 1.85. The Bertz CT molecular complexity index is 452. The number of hydrogen-bond acceptors (Lipinski definition) is 4. The Kier molecular flexibility index (Phi) is 3.20.